The van der Waals surface area contributed by atoms with Crippen LogP contribution in [0.25, 0.3) is 0 Å². The highest BCUT2D eigenvalue weighted by atomic mass is 127. The minimum absolute atomic E-state index is 0. The van der Waals surface area contributed by atoms with Crippen molar-refractivity contribution in [1.82, 2.24) is 10.6 Å². The molecule has 0 bridgehead atoms. The first-order chi connectivity index (χ1) is 12.8. The molecule has 1 unspecified atom stereocenters. The maximum atomic E-state index is 5.40. The van der Waals surface area contributed by atoms with Crippen LogP contribution in [0.2, 0.25) is 0 Å². The summed E-state index contributed by atoms with van der Waals surface area (Å²) in [6, 6.07) is 15.0. The van der Waals surface area contributed by atoms with Crippen molar-refractivity contribution in [3.05, 3.63) is 54.5 Å². The Bertz CT molecular complexity index is 666. The quantitative estimate of drug-likeness (QED) is 0.251. The maximum absolute atomic E-state index is 5.40. The molecule has 1 aliphatic rings. The number of halogens is 1. The summed E-state index contributed by atoms with van der Waals surface area (Å²) >= 11 is 1.82. The van der Waals surface area contributed by atoms with Crippen molar-refractivity contribution in [2.24, 2.45) is 4.99 Å². The molecule has 1 aromatic carbocycles. The van der Waals surface area contributed by atoms with Crippen LogP contribution in [0.4, 0.5) is 5.69 Å². The molecule has 2 heterocycles. The molecular weight excluding hydrogens is 471 g/mol. The minimum atomic E-state index is 0. The van der Waals surface area contributed by atoms with Crippen LogP contribution in [0.1, 0.15) is 12.2 Å². The van der Waals surface area contributed by atoms with Gasteiger partial charge >= 0.3 is 0 Å². The third-order valence-electron chi connectivity index (χ3n) is 4.46. The zero-order chi connectivity index (χ0) is 18.0. The Morgan fingerprint density at radius 2 is 2.11 bits per heavy atom. The van der Waals surface area contributed by atoms with E-state index in [0.29, 0.717) is 6.04 Å². The first kappa shape index (κ1) is 21.9. The van der Waals surface area contributed by atoms with E-state index < -0.39 is 0 Å². The second-order valence-electron chi connectivity index (χ2n) is 6.39. The van der Waals surface area contributed by atoms with Gasteiger partial charge in [0.15, 0.2) is 5.96 Å². The van der Waals surface area contributed by atoms with Gasteiger partial charge in [-0.3, -0.25) is 4.99 Å². The zero-order valence-corrected chi connectivity index (χ0v) is 18.9. The smallest absolute Gasteiger partial charge is 0.191 e. The summed E-state index contributed by atoms with van der Waals surface area (Å²) in [4.78, 5) is 7.15. The topological polar surface area (TPSA) is 52.8 Å². The number of hydrogen-bond donors (Lipinski definition) is 2. The van der Waals surface area contributed by atoms with E-state index in [9.17, 15) is 0 Å². The molecule has 0 saturated carbocycles. The van der Waals surface area contributed by atoms with Gasteiger partial charge in [0.2, 0.25) is 0 Å². The van der Waals surface area contributed by atoms with Crippen molar-refractivity contribution < 1.29 is 4.42 Å². The highest BCUT2D eigenvalue weighted by Crippen LogP contribution is 2.19. The van der Waals surface area contributed by atoms with Crippen molar-refractivity contribution in [3.63, 3.8) is 0 Å². The molecule has 2 N–H and O–H groups in total. The van der Waals surface area contributed by atoms with E-state index in [1.807, 2.05) is 23.9 Å². The molecule has 1 aromatic heterocycles. The van der Waals surface area contributed by atoms with E-state index in [4.69, 9.17) is 9.41 Å². The number of furan rings is 1. The number of nitrogens with zero attached hydrogens (tertiary/aromatic N) is 2. The highest BCUT2D eigenvalue weighted by Gasteiger charge is 2.23. The predicted molar refractivity (Wildman–Crippen MR) is 127 cm³/mol. The number of anilines is 1. The second-order valence-corrected chi connectivity index (χ2v) is 7.38. The Hall–Kier alpha value is -1.35. The lowest BCUT2D eigenvalue weighted by Crippen LogP contribution is -2.45. The minimum Gasteiger partial charge on any atom is -0.469 e. The van der Waals surface area contributed by atoms with E-state index in [2.05, 4.69) is 52.1 Å². The van der Waals surface area contributed by atoms with Gasteiger partial charge in [0.1, 0.15) is 5.76 Å². The van der Waals surface area contributed by atoms with Gasteiger partial charge in [-0.25, -0.2) is 0 Å². The number of nitrogens with one attached hydrogen (secondary N) is 2. The van der Waals surface area contributed by atoms with E-state index >= 15 is 0 Å². The largest absolute Gasteiger partial charge is 0.469 e. The van der Waals surface area contributed by atoms with Gasteiger partial charge in [-0.2, -0.15) is 11.8 Å². The Kier molecular flexibility index (Phi) is 9.90. The Morgan fingerprint density at radius 3 is 2.85 bits per heavy atom. The number of guanidine groups is 1. The van der Waals surface area contributed by atoms with E-state index in [-0.39, 0.29) is 24.0 Å². The SMILES string of the molecule is CSCCN=C(NCCc1ccco1)NC1CCN(c2ccccc2)C1.I. The lowest BCUT2D eigenvalue weighted by Gasteiger charge is -2.20. The fourth-order valence-corrected chi connectivity index (χ4v) is 3.38. The fraction of sp³-hybridized carbons (Fsp3) is 0.450. The predicted octanol–water partition coefficient (Wildman–Crippen LogP) is 3.62. The standard InChI is InChI=1S/C20H28N4OS.HI/c1-26-15-12-22-20(21-11-9-19-8-5-14-25-19)23-17-10-13-24(16-17)18-6-3-2-4-7-18;/h2-8,14,17H,9-13,15-16H2,1H3,(H2,21,22,23);1H. The molecule has 3 rings (SSSR count). The summed E-state index contributed by atoms with van der Waals surface area (Å²) in [5.41, 5.74) is 1.29. The van der Waals surface area contributed by atoms with Gasteiger partial charge in [0.25, 0.3) is 0 Å². The molecule has 0 amide bonds. The second kappa shape index (κ2) is 12.2. The van der Waals surface area contributed by atoms with Gasteiger partial charge in [-0.15, -0.1) is 24.0 Å². The van der Waals surface area contributed by atoms with Crippen LogP contribution in [0.3, 0.4) is 0 Å². The van der Waals surface area contributed by atoms with Crippen molar-refractivity contribution in [2.45, 2.75) is 18.9 Å². The fourth-order valence-electron chi connectivity index (χ4n) is 3.11. The molecule has 1 fully saturated rings. The van der Waals surface area contributed by atoms with E-state index in [1.54, 1.807) is 6.26 Å². The monoisotopic (exact) mass is 500 g/mol. The number of para-hydroxylation sites is 1. The molecule has 0 spiro atoms. The lowest BCUT2D eigenvalue weighted by atomic mass is 10.2. The first-order valence-corrected chi connectivity index (χ1v) is 10.6. The van der Waals surface area contributed by atoms with Crippen LogP contribution in [0.5, 0.6) is 0 Å². The van der Waals surface area contributed by atoms with Crippen molar-refractivity contribution in [1.29, 1.82) is 0 Å². The molecule has 0 aliphatic carbocycles. The molecule has 0 radical (unpaired) electrons. The van der Waals surface area contributed by atoms with Crippen molar-refractivity contribution >= 4 is 47.4 Å². The summed E-state index contributed by atoms with van der Waals surface area (Å²) in [6.45, 7) is 3.72. The Labute approximate surface area is 183 Å². The molecule has 2 aromatic rings. The molecule has 1 saturated heterocycles. The Morgan fingerprint density at radius 1 is 1.26 bits per heavy atom. The van der Waals surface area contributed by atoms with Gasteiger partial charge in [-0.1, -0.05) is 18.2 Å². The first-order valence-electron chi connectivity index (χ1n) is 9.21. The van der Waals surface area contributed by atoms with Crippen molar-refractivity contribution in [2.75, 3.05) is 43.1 Å². The number of thioether (sulfide) groups is 1. The maximum Gasteiger partial charge on any atom is 0.191 e. The van der Waals surface area contributed by atoms with Crippen LogP contribution in [0.15, 0.2) is 58.1 Å². The summed E-state index contributed by atoms with van der Waals surface area (Å²) < 4.78 is 5.40. The molecule has 27 heavy (non-hydrogen) atoms. The molecule has 148 valence electrons. The third kappa shape index (κ3) is 7.29. The van der Waals surface area contributed by atoms with Crippen LogP contribution in [-0.2, 0) is 6.42 Å². The molecule has 1 aliphatic heterocycles. The third-order valence-corrected chi connectivity index (χ3v) is 5.05. The van der Waals surface area contributed by atoms with Gasteiger partial charge < -0.3 is 20.0 Å². The van der Waals surface area contributed by atoms with Crippen LogP contribution < -0.4 is 15.5 Å². The van der Waals surface area contributed by atoms with Gasteiger partial charge in [0, 0.05) is 43.5 Å². The number of benzene rings is 1. The number of rotatable bonds is 8. The molecular formula is C20H29IN4OS. The van der Waals surface area contributed by atoms with E-state index in [1.165, 1.54) is 5.69 Å². The average molecular weight is 500 g/mol. The molecule has 1 atom stereocenters. The summed E-state index contributed by atoms with van der Waals surface area (Å²) in [5, 5.41) is 7.06. The zero-order valence-electron chi connectivity index (χ0n) is 15.8. The normalized spacial score (nSPS) is 16.9. The van der Waals surface area contributed by atoms with Crippen LogP contribution >= 0.6 is 35.7 Å². The highest BCUT2D eigenvalue weighted by molar-refractivity contribution is 14.0. The van der Waals surface area contributed by atoms with Gasteiger partial charge in [0.05, 0.1) is 12.8 Å². The lowest BCUT2D eigenvalue weighted by molar-refractivity contribution is 0.506. The van der Waals surface area contributed by atoms with E-state index in [0.717, 1.165) is 56.5 Å². The van der Waals surface area contributed by atoms with Crippen LogP contribution in [-0.4, -0.2) is 50.2 Å². The summed E-state index contributed by atoms with van der Waals surface area (Å²) in [5.74, 6) is 2.94. The number of aliphatic imine (C=N–C) groups is 1. The average Bonchev–Trinajstić information content (AvgIpc) is 3.34. The summed E-state index contributed by atoms with van der Waals surface area (Å²) in [6.07, 6.45) is 5.81. The van der Waals surface area contributed by atoms with Crippen molar-refractivity contribution in [3.8, 4) is 0 Å². The molecule has 5 nitrogen and oxygen atoms in total. The number of hydrogen-bond acceptors (Lipinski definition) is 4. The van der Waals surface area contributed by atoms with Gasteiger partial charge in [-0.05, 0) is 36.9 Å². The summed E-state index contributed by atoms with van der Waals surface area (Å²) in [7, 11) is 0. The Balaban J connectivity index is 0.00000261. The molecule has 7 heteroatoms. The van der Waals surface area contributed by atoms with Crippen LogP contribution in [0, 0.1) is 0 Å².